The summed E-state index contributed by atoms with van der Waals surface area (Å²) in [5.74, 6) is -0.129. The summed E-state index contributed by atoms with van der Waals surface area (Å²) >= 11 is 0. The second-order valence-electron chi connectivity index (χ2n) is 6.88. The Morgan fingerprint density at radius 2 is 1.82 bits per heavy atom. The lowest BCUT2D eigenvalue weighted by atomic mass is 10.00. The van der Waals surface area contributed by atoms with Gasteiger partial charge < -0.3 is 19.3 Å². The van der Waals surface area contributed by atoms with Gasteiger partial charge in [0.25, 0.3) is 5.91 Å². The standard InChI is InChI=1S/C21H23N3O4/c25-19(24-9-7-16-4-1-2-5-17(16)14-24)15-28-21(26)18-6-3-8-22-20(18)23-10-12-27-13-11-23/h1-6,8H,7,9-15H2. The molecule has 28 heavy (non-hydrogen) atoms. The number of carbonyl (C=O) groups excluding carboxylic acids is 2. The predicted molar refractivity (Wildman–Crippen MR) is 103 cm³/mol. The van der Waals surface area contributed by atoms with Crippen molar-refractivity contribution >= 4 is 17.7 Å². The van der Waals surface area contributed by atoms with E-state index in [4.69, 9.17) is 9.47 Å². The first kappa shape index (κ1) is 18.4. The van der Waals surface area contributed by atoms with Crippen molar-refractivity contribution < 1.29 is 19.1 Å². The predicted octanol–water partition coefficient (Wildman–Crippen LogP) is 1.66. The van der Waals surface area contributed by atoms with Crippen LogP contribution in [0.1, 0.15) is 21.5 Å². The molecule has 0 aliphatic carbocycles. The number of fused-ring (bicyclic) bond motifs is 1. The topological polar surface area (TPSA) is 72.0 Å². The summed E-state index contributed by atoms with van der Waals surface area (Å²) in [6.07, 6.45) is 2.47. The van der Waals surface area contributed by atoms with Crippen LogP contribution in [-0.4, -0.2) is 61.2 Å². The van der Waals surface area contributed by atoms with E-state index in [2.05, 4.69) is 11.1 Å². The number of nitrogens with zero attached hydrogens (tertiary/aromatic N) is 3. The number of rotatable bonds is 4. The molecule has 1 saturated heterocycles. The van der Waals surface area contributed by atoms with Gasteiger partial charge >= 0.3 is 5.97 Å². The lowest BCUT2D eigenvalue weighted by Gasteiger charge is -2.29. The van der Waals surface area contributed by atoms with Crippen molar-refractivity contribution in [2.24, 2.45) is 0 Å². The van der Waals surface area contributed by atoms with Gasteiger partial charge in [-0.25, -0.2) is 9.78 Å². The normalized spacial score (nSPS) is 16.4. The minimum atomic E-state index is -0.527. The number of esters is 1. The van der Waals surface area contributed by atoms with Crippen LogP contribution in [0.2, 0.25) is 0 Å². The Balaban J connectivity index is 1.38. The van der Waals surface area contributed by atoms with Gasteiger partial charge in [-0.1, -0.05) is 24.3 Å². The van der Waals surface area contributed by atoms with Gasteiger partial charge in [-0.3, -0.25) is 4.79 Å². The number of aromatic nitrogens is 1. The summed E-state index contributed by atoms with van der Waals surface area (Å²) in [4.78, 5) is 33.2. The fourth-order valence-corrected chi connectivity index (χ4v) is 3.59. The molecule has 0 atom stereocenters. The number of ether oxygens (including phenoxy) is 2. The molecule has 0 bridgehead atoms. The van der Waals surface area contributed by atoms with Crippen LogP contribution in [0.4, 0.5) is 5.82 Å². The maximum Gasteiger partial charge on any atom is 0.342 e. The van der Waals surface area contributed by atoms with Crippen LogP contribution in [-0.2, 0) is 27.2 Å². The summed E-state index contributed by atoms with van der Waals surface area (Å²) in [5, 5.41) is 0. The molecule has 1 amide bonds. The molecule has 1 aromatic carbocycles. The van der Waals surface area contributed by atoms with Crippen LogP contribution in [0.5, 0.6) is 0 Å². The fourth-order valence-electron chi connectivity index (χ4n) is 3.59. The van der Waals surface area contributed by atoms with Crippen molar-refractivity contribution in [3.8, 4) is 0 Å². The van der Waals surface area contributed by atoms with Gasteiger partial charge in [0, 0.05) is 32.4 Å². The molecule has 1 fully saturated rings. The summed E-state index contributed by atoms with van der Waals surface area (Å²) in [6, 6.07) is 11.5. The molecule has 0 N–H and O–H groups in total. The first-order valence-electron chi connectivity index (χ1n) is 9.52. The van der Waals surface area contributed by atoms with E-state index in [0.29, 0.717) is 50.8 Å². The largest absolute Gasteiger partial charge is 0.452 e. The molecular formula is C21H23N3O4. The van der Waals surface area contributed by atoms with Crippen LogP contribution in [0.25, 0.3) is 0 Å². The zero-order valence-electron chi connectivity index (χ0n) is 15.7. The summed E-state index contributed by atoms with van der Waals surface area (Å²) < 4.78 is 10.7. The molecule has 146 valence electrons. The highest BCUT2D eigenvalue weighted by molar-refractivity contribution is 5.96. The fraction of sp³-hybridized carbons (Fsp3) is 0.381. The average molecular weight is 381 g/mol. The van der Waals surface area contributed by atoms with E-state index in [-0.39, 0.29) is 12.5 Å². The van der Waals surface area contributed by atoms with Crippen molar-refractivity contribution in [1.82, 2.24) is 9.88 Å². The van der Waals surface area contributed by atoms with E-state index in [9.17, 15) is 9.59 Å². The van der Waals surface area contributed by atoms with Crippen LogP contribution in [0, 0.1) is 0 Å². The van der Waals surface area contributed by atoms with Gasteiger partial charge in [0.05, 0.1) is 13.2 Å². The van der Waals surface area contributed by atoms with E-state index in [1.165, 1.54) is 5.56 Å². The average Bonchev–Trinajstić information content (AvgIpc) is 2.77. The number of benzene rings is 1. The maximum atomic E-state index is 12.6. The van der Waals surface area contributed by atoms with Crippen molar-refractivity contribution in [3.05, 3.63) is 59.3 Å². The second kappa shape index (κ2) is 8.39. The third-order valence-corrected chi connectivity index (χ3v) is 5.13. The van der Waals surface area contributed by atoms with Gasteiger partial charge in [0.1, 0.15) is 11.4 Å². The highest BCUT2D eigenvalue weighted by Gasteiger charge is 2.24. The maximum absolute atomic E-state index is 12.6. The summed E-state index contributed by atoms with van der Waals surface area (Å²) in [7, 11) is 0. The molecule has 7 heteroatoms. The Kier molecular flexibility index (Phi) is 5.53. The number of hydrogen-bond acceptors (Lipinski definition) is 6. The number of anilines is 1. The number of amides is 1. The van der Waals surface area contributed by atoms with E-state index >= 15 is 0 Å². The monoisotopic (exact) mass is 381 g/mol. The van der Waals surface area contributed by atoms with Crippen molar-refractivity contribution in [2.45, 2.75) is 13.0 Å². The van der Waals surface area contributed by atoms with Crippen LogP contribution in [0.3, 0.4) is 0 Å². The third-order valence-electron chi connectivity index (χ3n) is 5.13. The molecule has 7 nitrogen and oxygen atoms in total. The molecule has 4 rings (SSSR count). The number of morpholine rings is 1. The molecule has 0 radical (unpaired) electrons. The van der Waals surface area contributed by atoms with Gasteiger partial charge in [0.15, 0.2) is 6.61 Å². The minimum absolute atomic E-state index is 0.181. The van der Waals surface area contributed by atoms with Crippen LogP contribution >= 0.6 is 0 Å². The molecule has 0 saturated carbocycles. The smallest absolute Gasteiger partial charge is 0.342 e. The van der Waals surface area contributed by atoms with Crippen molar-refractivity contribution in [2.75, 3.05) is 44.4 Å². The summed E-state index contributed by atoms with van der Waals surface area (Å²) in [5.41, 5.74) is 2.80. The molecular weight excluding hydrogens is 358 g/mol. The minimum Gasteiger partial charge on any atom is -0.452 e. The first-order valence-corrected chi connectivity index (χ1v) is 9.52. The Morgan fingerprint density at radius 1 is 1.04 bits per heavy atom. The van der Waals surface area contributed by atoms with Crippen LogP contribution in [0.15, 0.2) is 42.6 Å². The SMILES string of the molecule is O=C(OCC(=O)N1CCc2ccccc2C1)c1cccnc1N1CCOCC1. The zero-order chi connectivity index (χ0) is 19.3. The third kappa shape index (κ3) is 3.99. The molecule has 0 spiro atoms. The first-order chi connectivity index (χ1) is 13.7. The van der Waals surface area contributed by atoms with E-state index in [0.717, 1.165) is 12.0 Å². The number of carbonyl (C=O) groups is 2. The Morgan fingerprint density at radius 3 is 2.64 bits per heavy atom. The second-order valence-corrected chi connectivity index (χ2v) is 6.88. The lowest BCUT2D eigenvalue weighted by Crippen LogP contribution is -2.39. The summed E-state index contributed by atoms with van der Waals surface area (Å²) in [6.45, 7) is 3.46. The molecule has 2 aromatic rings. The molecule has 2 aliphatic heterocycles. The van der Waals surface area contributed by atoms with Gasteiger partial charge in [-0.2, -0.15) is 0 Å². The highest BCUT2D eigenvalue weighted by Crippen LogP contribution is 2.21. The Bertz CT molecular complexity index is 864. The Labute approximate surface area is 163 Å². The zero-order valence-corrected chi connectivity index (χ0v) is 15.7. The van der Waals surface area contributed by atoms with Gasteiger partial charge in [-0.15, -0.1) is 0 Å². The quantitative estimate of drug-likeness (QED) is 0.750. The van der Waals surface area contributed by atoms with E-state index < -0.39 is 5.97 Å². The van der Waals surface area contributed by atoms with Crippen molar-refractivity contribution in [3.63, 3.8) is 0 Å². The van der Waals surface area contributed by atoms with Gasteiger partial charge in [-0.05, 0) is 29.7 Å². The van der Waals surface area contributed by atoms with E-state index in [1.54, 1.807) is 23.2 Å². The van der Waals surface area contributed by atoms with E-state index in [1.807, 2.05) is 23.1 Å². The molecule has 0 unspecified atom stereocenters. The highest BCUT2D eigenvalue weighted by atomic mass is 16.5. The number of pyridine rings is 1. The number of hydrogen-bond donors (Lipinski definition) is 0. The molecule has 3 heterocycles. The molecule has 1 aromatic heterocycles. The Hall–Kier alpha value is -2.93. The van der Waals surface area contributed by atoms with Crippen LogP contribution < -0.4 is 4.90 Å². The van der Waals surface area contributed by atoms with Gasteiger partial charge in [0.2, 0.25) is 0 Å². The molecule has 2 aliphatic rings. The lowest BCUT2D eigenvalue weighted by molar-refractivity contribution is -0.135. The van der Waals surface area contributed by atoms with Crippen molar-refractivity contribution in [1.29, 1.82) is 0 Å².